The lowest BCUT2D eigenvalue weighted by Gasteiger charge is -2.33. The minimum absolute atomic E-state index is 0.0224. The number of amides is 3. The van der Waals surface area contributed by atoms with Crippen molar-refractivity contribution in [3.8, 4) is 5.75 Å². The largest absolute Gasteiger partial charge is 0.482 e. The number of ether oxygens (including phenoxy) is 2. The molecule has 1 aromatic carbocycles. The second-order valence-corrected chi connectivity index (χ2v) is 10.2. The van der Waals surface area contributed by atoms with Crippen molar-refractivity contribution in [1.82, 2.24) is 14.8 Å². The average molecular weight is 501 g/mol. The molecule has 0 spiro atoms. The number of carbonyl (C=O) groups excluding carboxylic acids is 3. The summed E-state index contributed by atoms with van der Waals surface area (Å²) in [5.41, 5.74) is 2.20. The van der Waals surface area contributed by atoms with Gasteiger partial charge in [-0.25, -0.2) is 9.78 Å². The first-order valence-electron chi connectivity index (χ1n) is 12.0. The van der Waals surface area contributed by atoms with Crippen LogP contribution in [0.15, 0.2) is 23.6 Å². The van der Waals surface area contributed by atoms with Crippen LogP contribution in [0.1, 0.15) is 55.2 Å². The molecule has 0 unspecified atom stereocenters. The smallest absolute Gasteiger partial charge is 0.409 e. The summed E-state index contributed by atoms with van der Waals surface area (Å²) in [6.45, 7) is 10.6. The van der Waals surface area contributed by atoms with Crippen LogP contribution in [0.3, 0.4) is 0 Å². The molecule has 3 amide bonds. The van der Waals surface area contributed by atoms with Crippen molar-refractivity contribution in [2.24, 2.45) is 0 Å². The standard InChI is InChI=1S/C25H32N4O5S/c1-5-25(3,4)17-7-8-20-19(13-17)29(22(30)15-34-20)14-21-26-18(16-35-21)23(31)27-9-11-28(12-10-27)24(32)33-6-2/h7-8,13,16H,5-6,9-12,14-15H2,1-4H3. The number of rotatable bonds is 6. The maximum atomic E-state index is 13.0. The molecule has 10 heteroatoms. The molecule has 1 saturated heterocycles. The van der Waals surface area contributed by atoms with E-state index in [1.54, 1.807) is 27.0 Å². The molecular formula is C25H32N4O5S. The zero-order chi connectivity index (χ0) is 25.2. The molecule has 1 fully saturated rings. The third-order valence-corrected chi connectivity index (χ3v) is 7.56. The predicted octanol–water partition coefficient (Wildman–Crippen LogP) is 3.67. The Hall–Kier alpha value is -3.14. The summed E-state index contributed by atoms with van der Waals surface area (Å²) in [6, 6.07) is 6.00. The quantitative estimate of drug-likeness (QED) is 0.601. The van der Waals surface area contributed by atoms with Gasteiger partial charge in [0, 0.05) is 31.6 Å². The molecule has 0 radical (unpaired) electrons. The molecule has 3 heterocycles. The molecule has 35 heavy (non-hydrogen) atoms. The van der Waals surface area contributed by atoms with Gasteiger partial charge in [-0.15, -0.1) is 11.3 Å². The zero-order valence-electron chi connectivity index (χ0n) is 20.7. The summed E-state index contributed by atoms with van der Waals surface area (Å²) in [4.78, 5) is 47.2. The Morgan fingerprint density at radius 1 is 1.14 bits per heavy atom. The van der Waals surface area contributed by atoms with Crippen LogP contribution in [0.4, 0.5) is 10.5 Å². The van der Waals surface area contributed by atoms with Crippen LogP contribution in [-0.2, 0) is 21.5 Å². The third-order valence-electron chi connectivity index (χ3n) is 6.72. The highest BCUT2D eigenvalue weighted by molar-refractivity contribution is 7.09. The first-order valence-corrected chi connectivity index (χ1v) is 12.8. The summed E-state index contributed by atoms with van der Waals surface area (Å²) in [5, 5.41) is 2.41. The Balaban J connectivity index is 1.46. The monoisotopic (exact) mass is 500 g/mol. The van der Waals surface area contributed by atoms with E-state index in [-0.39, 0.29) is 36.5 Å². The lowest BCUT2D eigenvalue weighted by atomic mass is 9.82. The fourth-order valence-electron chi connectivity index (χ4n) is 4.09. The lowest BCUT2D eigenvalue weighted by molar-refractivity contribution is -0.121. The highest BCUT2D eigenvalue weighted by atomic mass is 32.1. The Labute approximate surface area is 209 Å². The third kappa shape index (κ3) is 5.27. The number of aromatic nitrogens is 1. The van der Waals surface area contributed by atoms with E-state index in [0.717, 1.165) is 17.7 Å². The average Bonchev–Trinajstić information content (AvgIpc) is 3.34. The van der Waals surface area contributed by atoms with Crippen LogP contribution in [-0.4, -0.2) is 72.1 Å². The predicted molar refractivity (Wildman–Crippen MR) is 133 cm³/mol. The Kier molecular flexibility index (Phi) is 7.30. The number of nitrogens with zero attached hydrogens (tertiary/aromatic N) is 4. The molecule has 1 aromatic heterocycles. The van der Waals surface area contributed by atoms with E-state index in [4.69, 9.17) is 9.47 Å². The molecule has 2 aromatic rings. The van der Waals surface area contributed by atoms with Crippen molar-refractivity contribution in [2.75, 3.05) is 44.3 Å². The van der Waals surface area contributed by atoms with E-state index >= 15 is 0 Å². The minimum atomic E-state index is -0.350. The molecule has 9 nitrogen and oxygen atoms in total. The van der Waals surface area contributed by atoms with E-state index < -0.39 is 0 Å². The number of hydrogen-bond donors (Lipinski definition) is 0. The molecule has 2 aliphatic rings. The number of thiazole rings is 1. The van der Waals surface area contributed by atoms with Gasteiger partial charge in [-0.2, -0.15) is 0 Å². The molecule has 0 N–H and O–H groups in total. The lowest BCUT2D eigenvalue weighted by Crippen LogP contribution is -2.50. The van der Waals surface area contributed by atoms with Gasteiger partial charge in [0.2, 0.25) is 0 Å². The van der Waals surface area contributed by atoms with Crippen molar-refractivity contribution in [3.05, 3.63) is 39.8 Å². The van der Waals surface area contributed by atoms with Crippen LogP contribution in [0.5, 0.6) is 5.75 Å². The van der Waals surface area contributed by atoms with Crippen LogP contribution >= 0.6 is 11.3 Å². The van der Waals surface area contributed by atoms with Crippen molar-refractivity contribution in [1.29, 1.82) is 0 Å². The van der Waals surface area contributed by atoms with Gasteiger partial charge in [-0.05, 0) is 36.5 Å². The first kappa shape index (κ1) is 25.0. The molecule has 188 valence electrons. The zero-order valence-corrected chi connectivity index (χ0v) is 21.5. The van der Waals surface area contributed by atoms with Crippen molar-refractivity contribution < 1.29 is 23.9 Å². The van der Waals surface area contributed by atoms with Crippen LogP contribution in [0.25, 0.3) is 0 Å². The molecule has 0 aliphatic carbocycles. The van der Waals surface area contributed by atoms with Crippen molar-refractivity contribution >= 4 is 34.9 Å². The number of fused-ring (bicyclic) bond motifs is 1. The molecule has 0 atom stereocenters. The van der Waals surface area contributed by atoms with Gasteiger partial charge in [0.25, 0.3) is 11.8 Å². The number of anilines is 1. The summed E-state index contributed by atoms with van der Waals surface area (Å²) in [5.74, 6) is 0.367. The Morgan fingerprint density at radius 2 is 1.86 bits per heavy atom. The topological polar surface area (TPSA) is 92.3 Å². The highest BCUT2D eigenvalue weighted by Crippen LogP contribution is 2.38. The Morgan fingerprint density at radius 3 is 2.54 bits per heavy atom. The number of piperazine rings is 1. The Bertz CT molecular complexity index is 1110. The maximum Gasteiger partial charge on any atom is 0.409 e. The second kappa shape index (κ2) is 10.2. The van der Waals surface area contributed by atoms with E-state index in [1.165, 1.54) is 11.3 Å². The van der Waals surface area contributed by atoms with E-state index in [2.05, 4.69) is 31.8 Å². The molecule has 2 aliphatic heterocycles. The van der Waals surface area contributed by atoms with E-state index in [1.807, 2.05) is 12.1 Å². The van der Waals surface area contributed by atoms with Crippen LogP contribution in [0.2, 0.25) is 0 Å². The number of hydrogen-bond acceptors (Lipinski definition) is 7. The van der Waals surface area contributed by atoms with Gasteiger partial charge in [-0.3, -0.25) is 14.5 Å². The highest BCUT2D eigenvalue weighted by Gasteiger charge is 2.30. The number of carbonyl (C=O) groups is 3. The van der Waals surface area contributed by atoms with Gasteiger partial charge in [-0.1, -0.05) is 26.8 Å². The van der Waals surface area contributed by atoms with Gasteiger partial charge in [0.15, 0.2) is 6.61 Å². The SMILES string of the molecule is CCOC(=O)N1CCN(C(=O)c2csc(CN3C(=O)COc4ccc(C(C)(C)CC)cc43)n2)CC1. The summed E-state index contributed by atoms with van der Waals surface area (Å²) < 4.78 is 10.7. The summed E-state index contributed by atoms with van der Waals surface area (Å²) >= 11 is 1.36. The maximum absolute atomic E-state index is 13.0. The molecule has 0 bridgehead atoms. The van der Waals surface area contributed by atoms with Gasteiger partial charge >= 0.3 is 6.09 Å². The normalized spacial score (nSPS) is 16.1. The minimum Gasteiger partial charge on any atom is -0.482 e. The van der Waals surface area contributed by atoms with Crippen LogP contribution in [0, 0.1) is 0 Å². The van der Waals surface area contributed by atoms with Gasteiger partial charge < -0.3 is 19.3 Å². The second-order valence-electron chi connectivity index (χ2n) is 9.29. The summed E-state index contributed by atoms with van der Waals surface area (Å²) in [6.07, 6.45) is 0.614. The number of benzene rings is 1. The van der Waals surface area contributed by atoms with Gasteiger partial charge in [0.1, 0.15) is 16.5 Å². The van der Waals surface area contributed by atoms with Crippen LogP contribution < -0.4 is 9.64 Å². The van der Waals surface area contributed by atoms with E-state index in [9.17, 15) is 14.4 Å². The van der Waals surface area contributed by atoms with Crippen molar-refractivity contribution in [3.63, 3.8) is 0 Å². The molecule has 4 rings (SSSR count). The fraction of sp³-hybridized carbons (Fsp3) is 0.520. The fourth-order valence-corrected chi connectivity index (χ4v) is 4.84. The summed E-state index contributed by atoms with van der Waals surface area (Å²) in [7, 11) is 0. The van der Waals surface area contributed by atoms with E-state index in [0.29, 0.717) is 49.2 Å². The van der Waals surface area contributed by atoms with Gasteiger partial charge in [0.05, 0.1) is 18.8 Å². The first-order chi connectivity index (χ1) is 16.7. The van der Waals surface area contributed by atoms with Crippen molar-refractivity contribution in [2.45, 2.75) is 46.1 Å². The molecular weight excluding hydrogens is 468 g/mol. The molecule has 0 saturated carbocycles.